The summed E-state index contributed by atoms with van der Waals surface area (Å²) in [5.74, 6) is 2.80. The van der Waals surface area contributed by atoms with Crippen LogP contribution < -0.4 is 5.32 Å². The first-order valence-corrected chi connectivity index (χ1v) is 7.95. The third kappa shape index (κ3) is 3.75. The van der Waals surface area contributed by atoms with Crippen molar-refractivity contribution in [2.24, 2.45) is 5.92 Å². The minimum atomic E-state index is 0.715. The van der Waals surface area contributed by atoms with E-state index in [0.717, 1.165) is 34.9 Å². The fraction of sp³-hybridized carbons (Fsp3) is 0.786. The zero-order valence-corrected chi connectivity index (χ0v) is 12.5. The first kappa shape index (κ1) is 13.9. The lowest BCUT2D eigenvalue weighted by atomic mass is 9.86. The number of rotatable bonds is 5. The Balaban J connectivity index is 1.66. The number of aromatic nitrogens is 1. The lowest BCUT2D eigenvalue weighted by Gasteiger charge is -2.29. The number of nitrogens with one attached hydrogen (secondary N) is 1. The van der Waals surface area contributed by atoms with E-state index in [1.165, 1.54) is 25.7 Å². The van der Waals surface area contributed by atoms with Crippen molar-refractivity contribution in [3.63, 3.8) is 0 Å². The van der Waals surface area contributed by atoms with E-state index in [-0.39, 0.29) is 0 Å². The van der Waals surface area contributed by atoms with E-state index < -0.39 is 0 Å². The van der Waals surface area contributed by atoms with Gasteiger partial charge >= 0.3 is 0 Å². The van der Waals surface area contributed by atoms with Crippen molar-refractivity contribution in [2.45, 2.75) is 57.7 Å². The number of hydrogen-bond acceptors (Lipinski definition) is 4. The summed E-state index contributed by atoms with van der Waals surface area (Å²) < 4.78 is 5.55. The van der Waals surface area contributed by atoms with Crippen LogP contribution in [0, 0.1) is 19.8 Å². The predicted molar refractivity (Wildman–Crippen MR) is 76.1 cm³/mol. The Hall–Kier alpha value is -0.480. The zero-order chi connectivity index (χ0) is 13.0. The third-order valence-electron chi connectivity index (χ3n) is 3.85. The molecule has 2 rings (SSSR count). The average Bonchev–Trinajstić information content (AvgIpc) is 2.66. The summed E-state index contributed by atoms with van der Waals surface area (Å²) in [7, 11) is 0. The molecule has 1 aliphatic carbocycles. The Morgan fingerprint density at radius 2 is 2.11 bits per heavy atom. The zero-order valence-electron chi connectivity index (χ0n) is 11.7. The number of aryl methyl sites for hydroxylation is 2. The first-order valence-electron chi connectivity index (χ1n) is 6.97. The van der Waals surface area contributed by atoms with Crippen LogP contribution in [0.25, 0.3) is 0 Å². The summed E-state index contributed by atoms with van der Waals surface area (Å²) in [5, 5.41) is 4.48. The number of hydrogen-bond donors (Lipinski definition) is 1. The van der Waals surface area contributed by atoms with Crippen LogP contribution in [-0.2, 0) is 0 Å². The SMILES string of the molecule is Cc1nc(SCCNC2CCCCC2C)oc1C. The van der Waals surface area contributed by atoms with Gasteiger partial charge in [-0.15, -0.1) is 0 Å². The molecule has 0 spiro atoms. The molecule has 4 heteroatoms. The van der Waals surface area contributed by atoms with Crippen molar-refractivity contribution in [2.75, 3.05) is 12.3 Å². The molecule has 18 heavy (non-hydrogen) atoms. The van der Waals surface area contributed by atoms with Crippen molar-refractivity contribution in [1.29, 1.82) is 0 Å². The van der Waals surface area contributed by atoms with Gasteiger partial charge in [-0.25, -0.2) is 4.98 Å². The normalized spacial score (nSPS) is 24.4. The van der Waals surface area contributed by atoms with Crippen LogP contribution in [0.5, 0.6) is 0 Å². The Kier molecular flexibility index (Phi) is 5.13. The smallest absolute Gasteiger partial charge is 0.256 e. The van der Waals surface area contributed by atoms with Crippen molar-refractivity contribution >= 4 is 11.8 Å². The van der Waals surface area contributed by atoms with Crippen molar-refractivity contribution in [3.8, 4) is 0 Å². The van der Waals surface area contributed by atoms with E-state index in [0.29, 0.717) is 6.04 Å². The maximum atomic E-state index is 5.55. The van der Waals surface area contributed by atoms with Gasteiger partial charge < -0.3 is 9.73 Å². The van der Waals surface area contributed by atoms with Gasteiger partial charge in [-0.1, -0.05) is 31.5 Å². The van der Waals surface area contributed by atoms with Gasteiger partial charge in [0.05, 0.1) is 5.69 Å². The Morgan fingerprint density at radius 3 is 2.78 bits per heavy atom. The maximum Gasteiger partial charge on any atom is 0.256 e. The first-order chi connectivity index (χ1) is 8.66. The van der Waals surface area contributed by atoms with Gasteiger partial charge in [-0.3, -0.25) is 0 Å². The highest BCUT2D eigenvalue weighted by atomic mass is 32.2. The van der Waals surface area contributed by atoms with Crippen LogP contribution in [0.1, 0.15) is 44.1 Å². The molecule has 0 radical (unpaired) electrons. The van der Waals surface area contributed by atoms with E-state index in [1.54, 1.807) is 11.8 Å². The molecule has 1 heterocycles. The highest BCUT2D eigenvalue weighted by Gasteiger charge is 2.20. The summed E-state index contributed by atoms with van der Waals surface area (Å²) >= 11 is 1.70. The topological polar surface area (TPSA) is 38.1 Å². The molecular formula is C14H24N2OS. The average molecular weight is 268 g/mol. The molecule has 2 unspecified atom stereocenters. The predicted octanol–water partition coefficient (Wildman–Crippen LogP) is 3.55. The van der Waals surface area contributed by atoms with Crippen molar-refractivity contribution in [1.82, 2.24) is 10.3 Å². The molecular weight excluding hydrogens is 244 g/mol. The lowest BCUT2D eigenvalue weighted by molar-refractivity contribution is 0.285. The van der Waals surface area contributed by atoms with E-state index in [2.05, 4.69) is 17.2 Å². The van der Waals surface area contributed by atoms with Gasteiger partial charge in [0.15, 0.2) is 0 Å². The summed E-state index contributed by atoms with van der Waals surface area (Å²) in [4.78, 5) is 4.38. The summed E-state index contributed by atoms with van der Waals surface area (Å²) in [6.45, 7) is 7.37. The highest BCUT2D eigenvalue weighted by molar-refractivity contribution is 7.99. The Labute approximate surface area is 114 Å². The summed E-state index contributed by atoms with van der Waals surface area (Å²) in [6.07, 6.45) is 5.50. The molecule has 1 aliphatic rings. The van der Waals surface area contributed by atoms with Crippen LogP contribution >= 0.6 is 11.8 Å². The molecule has 0 aliphatic heterocycles. The fourth-order valence-electron chi connectivity index (χ4n) is 2.51. The van der Waals surface area contributed by atoms with Gasteiger partial charge in [-0.2, -0.15) is 0 Å². The van der Waals surface area contributed by atoms with Crippen LogP contribution in [0.3, 0.4) is 0 Å². The summed E-state index contributed by atoms with van der Waals surface area (Å²) in [6, 6.07) is 0.715. The molecule has 1 aromatic rings. The quantitative estimate of drug-likeness (QED) is 0.654. The number of oxazole rings is 1. The van der Waals surface area contributed by atoms with Gasteiger partial charge in [0.2, 0.25) is 0 Å². The lowest BCUT2D eigenvalue weighted by Crippen LogP contribution is -2.38. The van der Waals surface area contributed by atoms with Crippen molar-refractivity contribution in [3.05, 3.63) is 11.5 Å². The van der Waals surface area contributed by atoms with Gasteiger partial charge in [0.25, 0.3) is 5.22 Å². The second-order valence-corrected chi connectivity index (χ2v) is 6.34. The maximum absolute atomic E-state index is 5.55. The molecule has 3 nitrogen and oxygen atoms in total. The van der Waals surface area contributed by atoms with Gasteiger partial charge in [-0.05, 0) is 32.6 Å². The Morgan fingerprint density at radius 1 is 1.33 bits per heavy atom. The number of thioether (sulfide) groups is 1. The van der Waals surface area contributed by atoms with Gasteiger partial charge in [0.1, 0.15) is 5.76 Å². The monoisotopic (exact) mass is 268 g/mol. The van der Waals surface area contributed by atoms with Crippen molar-refractivity contribution < 1.29 is 4.42 Å². The largest absolute Gasteiger partial charge is 0.437 e. The molecule has 2 atom stereocenters. The van der Waals surface area contributed by atoms with Gasteiger partial charge in [0, 0.05) is 18.3 Å². The molecule has 1 saturated carbocycles. The van der Waals surface area contributed by atoms with Crippen LogP contribution in [0.2, 0.25) is 0 Å². The fourth-order valence-corrected chi connectivity index (χ4v) is 3.29. The minimum Gasteiger partial charge on any atom is -0.437 e. The molecule has 1 aromatic heterocycles. The van der Waals surface area contributed by atoms with Crippen LogP contribution in [-0.4, -0.2) is 23.3 Å². The molecule has 1 fully saturated rings. The molecule has 0 bridgehead atoms. The number of nitrogens with zero attached hydrogens (tertiary/aromatic N) is 1. The molecule has 0 amide bonds. The Bertz CT molecular complexity index is 358. The second-order valence-electron chi connectivity index (χ2n) is 5.29. The second kappa shape index (κ2) is 6.62. The summed E-state index contributed by atoms with van der Waals surface area (Å²) in [5.41, 5.74) is 1.01. The standard InChI is InChI=1S/C14H24N2OS/c1-10-6-4-5-7-13(10)15-8-9-18-14-16-11(2)12(3)17-14/h10,13,15H,4-9H2,1-3H3. The molecule has 0 saturated heterocycles. The molecule has 102 valence electrons. The highest BCUT2D eigenvalue weighted by Crippen LogP contribution is 2.24. The van der Waals surface area contributed by atoms with Crippen LogP contribution in [0.4, 0.5) is 0 Å². The third-order valence-corrected chi connectivity index (χ3v) is 4.68. The van der Waals surface area contributed by atoms with E-state index in [4.69, 9.17) is 4.42 Å². The molecule has 1 N–H and O–H groups in total. The van der Waals surface area contributed by atoms with E-state index in [9.17, 15) is 0 Å². The van der Waals surface area contributed by atoms with E-state index in [1.807, 2.05) is 13.8 Å². The van der Waals surface area contributed by atoms with E-state index >= 15 is 0 Å². The molecule has 0 aromatic carbocycles. The minimum absolute atomic E-state index is 0.715. The van der Waals surface area contributed by atoms with Crippen LogP contribution in [0.15, 0.2) is 9.64 Å².